The van der Waals surface area contributed by atoms with Gasteiger partial charge in [0.2, 0.25) is 11.8 Å². The van der Waals surface area contributed by atoms with E-state index in [0.717, 1.165) is 18.5 Å². The summed E-state index contributed by atoms with van der Waals surface area (Å²) >= 11 is 5.53. The number of nitrogens with two attached hydrogens (primary N) is 1. The Labute approximate surface area is 88.5 Å². The van der Waals surface area contributed by atoms with Crippen molar-refractivity contribution in [1.29, 1.82) is 0 Å². The molecule has 0 spiro atoms. The number of nitrogen functional groups attached to an aromatic ring is 1. The maximum absolute atomic E-state index is 5.53. The van der Waals surface area contributed by atoms with Gasteiger partial charge in [-0.1, -0.05) is 0 Å². The molecule has 0 aliphatic carbocycles. The van der Waals surface area contributed by atoms with E-state index in [-0.39, 0.29) is 5.95 Å². The molecule has 0 saturated heterocycles. The van der Waals surface area contributed by atoms with Crippen molar-refractivity contribution in [3.63, 3.8) is 0 Å². The molecule has 1 aromatic rings. The third-order valence-corrected chi connectivity index (χ3v) is 1.89. The first-order valence-electron chi connectivity index (χ1n) is 4.52. The molecule has 0 aromatic carbocycles. The van der Waals surface area contributed by atoms with Crippen LogP contribution in [0.4, 0.5) is 5.95 Å². The van der Waals surface area contributed by atoms with Gasteiger partial charge in [-0.05, 0) is 19.8 Å². The minimum atomic E-state index is 0.248. The van der Waals surface area contributed by atoms with Gasteiger partial charge in [-0.15, -0.1) is 11.6 Å². The molecular weight excluding hydrogens is 202 g/mol. The maximum Gasteiger partial charge on any atom is 0.223 e. The summed E-state index contributed by atoms with van der Waals surface area (Å²) in [6.07, 6.45) is 1.87. The van der Waals surface area contributed by atoms with E-state index in [1.165, 1.54) is 0 Å². The van der Waals surface area contributed by atoms with Gasteiger partial charge < -0.3 is 10.5 Å². The van der Waals surface area contributed by atoms with E-state index < -0.39 is 0 Å². The molecule has 0 unspecified atom stereocenters. The van der Waals surface area contributed by atoms with Crippen molar-refractivity contribution in [2.45, 2.75) is 19.8 Å². The molecule has 0 atom stereocenters. The number of halogens is 1. The van der Waals surface area contributed by atoms with Crippen LogP contribution in [0.2, 0.25) is 0 Å². The molecule has 1 rings (SSSR count). The topological polar surface area (TPSA) is 61.0 Å². The number of aromatic nitrogens is 2. The second kappa shape index (κ2) is 5.65. The number of anilines is 1. The van der Waals surface area contributed by atoms with Crippen LogP contribution in [-0.2, 0) is 0 Å². The van der Waals surface area contributed by atoms with Crippen molar-refractivity contribution >= 4 is 17.5 Å². The zero-order chi connectivity index (χ0) is 10.4. The Bertz CT molecular complexity index is 273. The summed E-state index contributed by atoms with van der Waals surface area (Å²) in [6.45, 7) is 2.46. The lowest BCUT2D eigenvalue weighted by atomic mass is 10.3. The van der Waals surface area contributed by atoms with Gasteiger partial charge in [0.05, 0.1) is 6.61 Å². The minimum absolute atomic E-state index is 0.248. The molecule has 1 aromatic heterocycles. The van der Waals surface area contributed by atoms with Crippen molar-refractivity contribution in [2.24, 2.45) is 0 Å². The fraction of sp³-hybridized carbons (Fsp3) is 0.556. The summed E-state index contributed by atoms with van der Waals surface area (Å²) < 4.78 is 5.38. The summed E-state index contributed by atoms with van der Waals surface area (Å²) in [5, 5.41) is 0. The Kier molecular flexibility index (Phi) is 4.46. The number of rotatable bonds is 5. The molecule has 5 heteroatoms. The van der Waals surface area contributed by atoms with Crippen LogP contribution in [0.1, 0.15) is 18.5 Å². The highest BCUT2D eigenvalue weighted by molar-refractivity contribution is 6.17. The van der Waals surface area contributed by atoms with Crippen LogP contribution < -0.4 is 10.5 Å². The lowest BCUT2D eigenvalue weighted by molar-refractivity contribution is 0.298. The molecule has 0 amide bonds. The minimum Gasteiger partial charge on any atom is -0.478 e. The summed E-state index contributed by atoms with van der Waals surface area (Å²) in [6, 6.07) is 1.76. The predicted molar refractivity (Wildman–Crippen MR) is 56.6 cm³/mol. The van der Waals surface area contributed by atoms with Crippen molar-refractivity contribution in [2.75, 3.05) is 18.2 Å². The fourth-order valence-corrected chi connectivity index (χ4v) is 1.20. The number of alkyl halides is 1. The van der Waals surface area contributed by atoms with E-state index in [1.54, 1.807) is 6.07 Å². The quantitative estimate of drug-likeness (QED) is 0.601. The van der Waals surface area contributed by atoms with Gasteiger partial charge in [0.25, 0.3) is 0 Å². The molecule has 1 heterocycles. The van der Waals surface area contributed by atoms with Crippen LogP contribution in [0.3, 0.4) is 0 Å². The van der Waals surface area contributed by atoms with Gasteiger partial charge in [0, 0.05) is 17.6 Å². The molecule has 0 aliphatic rings. The van der Waals surface area contributed by atoms with Crippen LogP contribution in [0, 0.1) is 6.92 Å². The number of aryl methyl sites for hydroxylation is 1. The second-order valence-corrected chi connectivity index (χ2v) is 3.33. The predicted octanol–water partition coefficient (Wildman–Crippen LogP) is 1.77. The SMILES string of the molecule is Cc1cc(OCCCCCl)nc(N)n1. The number of hydrogen-bond donors (Lipinski definition) is 1. The number of nitrogens with zero attached hydrogens (tertiary/aromatic N) is 2. The fourth-order valence-electron chi connectivity index (χ4n) is 1.01. The molecule has 0 radical (unpaired) electrons. The lowest BCUT2D eigenvalue weighted by Gasteiger charge is -2.05. The van der Waals surface area contributed by atoms with Crippen LogP contribution in [0.15, 0.2) is 6.07 Å². The largest absolute Gasteiger partial charge is 0.478 e. The van der Waals surface area contributed by atoms with E-state index in [0.29, 0.717) is 18.4 Å². The number of unbranched alkanes of at least 4 members (excludes halogenated alkanes) is 1. The van der Waals surface area contributed by atoms with Gasteiger partial charge in [0.15, 0.2) is 0 Å². The Hall–Kier alpha value is -1.03. The third-order valence-electron chi connectivity index (χ3n) is 1.63. The van der Waals surface area contributed by atoms with E-state index in [4.69, 9.17) is 22.1 Å². The van der Waals surface area contributed by atoms with E-state index in [1.807, 2.05) is 6.92 Å². The molecule has 4 nitrogen and oxygen atoms in total. The lowest BCUT2D eigenvalue weighted by Crippen LogP contribution is -2.03. The zero-order valence-electron chi connectivity index (χ0n) is 8.16. The average Bonchev–Trinajstić information content (AvgIpc) is 2.11. The van der Waals surface area contributed by atoms with Gasteiger partial charge in [-0.3, -0.25) is 0 Å². The van der Waals surface area contributed by atoms with Crippen LogP contribution in [0.5, 0.6) is 5.88 Å². The first kappa shape index (κ1) is 11.0. The Morgan fingerprint density at radius 3 is 2.86 bits per heavy atom. The summed E-state index contributed by atoms with van der Waals surface area (Å²) in [5.74, 6) is 1.44. The molecule has 14 heavy (non-hydrogen) atoms. The van der Waals surface area contributed by atoms with Crippen LogP contribution in [0.25, 0.3) is 0 Å². The highest BCUT2D eigenvalue weighted by Crippen LogP contribution is 2.10. The first-order valence-corrected chi connectivity index (χ1v) is 5.06. The monoisotopic (exact) mass is 215 g/mol. The molecular formula is C9H14ClN3O. The molecule has 78 valence electrons. The van der Waals surface area contributed by atoms with Crippen molar-refractivity contribution in [3.8, 4) is 5.88 Å². The average molecular weight is 216 g/mol. The number of ether oxygens (including phenoxy) is 1. The normalized spacial score (nSPS) is 10.1. The molecule has 2 N–H and O–H groups in total. The summed E-state index contributed by atoms with van der Waals surface area (Å²) in [4.78, 5) is 7.89. The van der Waals surface area contributed by atoms with E-state index in [2.05, 4.69) is 9.97 Å². The van der Waals surface area contributed by atoms with E-state index >= 15 is 0 Å². The van der Waals surface area contributed by atoms with Crippen molar-refractivity contribution in [1.82, 2.24) is 9.97 Å². The van der Waals surface area contributed by atoms with Crippen LogP contribution >= 0.6 is 11.6 Å². The smallest absolute Gasteiger partial charge is 0.223 e. The first-order chi connectivity index (χ1) is 6.72. The van der Waals surface area contributed by atoms with Gasteiger partial charge in [-0.2, -0.15) is 4.98 Å². The summed E-state index contributed by atoms with van der Waals surface area (Å²) in [5.41, 5.74) is 6.28. The highest BCUT2D eigenvalue weighted by Gasteiger charge is 1.99. The highest BCUT2D eigenvalue weighted by atomic mass is 35.5. The Balaban J connectivity index is 2.42. The van der Waals surface area contributed by atoms with Crippen LogP contribution in [-0.4, -0.2) is 22.5 Å². The van der Waals surface area contributed by atoms with Crippen molar-refractivity contribution < 1.29 is 4.74 Å². The Morgan fingerprint density at radius 1 is 1.43 bits per heavy atom. The molecule has 0 fully saturated rings. The van der Waals surface area contributed by atoms with Gasteiger partial charge in [0.1, 0.15) is 0 Å². The van der Waals surface area contributed by atoms with E-state index in [9.17, 15) is 0 Å². The molecule has 0 saturated carbocycles. The third kappa shape index (κ3) is 3.79. The summed E-state index contributed by atoms with van der Waals surface area (Å²) in [7, 11) is 0. The van der Waals surface area contributed by atoms with Gasteiger partial charge >= 0.3 is 0 Å². The molecule has 0 bridgehead atoms. The zero-order valence-corrected chi connectivity index (χ0v) is 8.92. The van der Waals surface area contributed by atoms with Gasteiger partial charge in [-0.25, -0.2) is 4.98 Å². The standard InChI is InChI=1S/C9H14ClN3O/c1-7-6-8(13-9(11)12-7)14-5-3-2-4-10/h6H,2-5H2,1H3,(H2,11,12,13). The van der Waals surface area contributed by atoms with Crippen molar-refractivity contribution in [3.05, 3.63) is 11.8 Å². The Morgan fingerprint density at radius 2 is 2.21 bits per heavy atom. The number of hydrogen-bond acceptors (Lipinski definition) is 4. The molecule has 0 aliphatic heterocycles. The second-order valence-electron chi connectivity index (χ2n) is 2.95. The maximum atomic E-state index is 5.53.